The Morgan fingerprint density at radius 3 is 2.48 bits per heavy atom. The van der Waals surface area contributed by atoms with E-state index in [1.165, 1.54) is 18.2 Å². The topological polar surface area (TPSA) is 59.1 Å². The molecule has 1 heterocycles. The van der Waals surface area contributed by atoms with Gasteiger partial charge in [-0.3, -0.25) is 9.59 Å². The van der Waals surface area contributed by atoms with E-state index in [2.05, 4.69) is 26.2 Å². The van der Waals surface area contributed by atoms with E-state index in [-0.39, 0.29) is 16.8 Å². The van der Waals surface area contributed by atoms with Crippen molar-refractivity contribution in [1.82, 2.24) is 4.98 Å². The monoisotopic (exact) mass is 386 g/mol. The maximum absolute atomic E-state index is 12.6. The van der Waals surface area contributed by atoms with E-state index in [0.29, 0.717) is 11.3 Å². The molecular weight excluding hydrogens is 377 g/mol. The molecular formula is C15H10BrF3N2O2. The Labute approximate surface area is 137 Å². The van der Waals surface area contributed by atoms with Crippen molar-refractivity contribution < 1.29 is 22.8 Å². The van der Waals surface area contributed by atoms with Gasteiger partial charge in [0.15, 0.2) is 5.78 Å². The molecule has 23 heavy (non-hydrogen) atoms. The minimum atomic E-state index is -4.63. The smallest absolute Gasteiger partial charge is 0.321 e. The first kappa shape index (κ1) is 17.1. The molecule has 1 N–H and O–H groups in total. The fraction of sp³-hybridized carbons (Fsp3) is 0.133. The van der Waals surface area contributed by atoms with Crippen LogP contribution >= 0.6 is 15.9 Å². The first-order valence-corrected chi connectivity index (χ1v) is 7.48. The molecule has 0 spiro atoms. The molecule has 0 radical (unpaired) electrons. The van der Waals surface area contributed by atoms with Gasteiger partial charge in [0.2, 0.25) is 0 Å². The lowest BCUT2D eigenvalue weighted by Gasteiger charge is -2.09. The van der Waals surface area contributed by atoms with E-state index in [9.17, 15) is 22.8 Å². The van der Waals surface area contributed by atoms with Crippen molar-refractivity contribution in [2.75, 3.05) is 10.6 Å². The van der Waals surface area contributed by atoms with Crippen LogP contribution in [-0.4, -0.2) is 22.0 Å². The van der Waals surface area contributed by atoms with Crippen LogP contribution in [0.4, 0.5) is 18.9 Å². The molecule has 120 valence electrons. The number of halogens is 4. The number of carbonyl (C=O) groups is 2. The molecule has 2 rings (SSSR count). The summed E-state index contributed by atoms with van der Waals surface area (Å²) in [6.07, 6.45) is -4.63. The molecule has 2 aromatic rings. The van der Waals surface area contributed by atoms with Crippen LogP contribution in [0.2, 0.25) is 0 Å². The number of alkyl halides is 4. The van der Waals surface area contributed by atoms with Crippen LogP contribution in [-0.2, 0) is 6.18 Å². The fourth-order valence-corrected chi connectivity index (χ4v) is 2.09. The maximum atomic E-state index is 12.6. The van der Waals surface area contributed by atoms with Crippen molar-refractivity contribution in [3.63, 3.8) is 0 Å². The van der Waals surface area contributed by atoms with E-state index < -0.39 is 17.8 Å². The zero-order valence-corrected chi connectivity index (χ0v) is 13.1. The molecule has 0 saturated carbocycles. The average Bonchev–Trinajstić information content (AvgIpc) is 2.53. The molecule has 0 atom stereocenters. The predicted octanol–water partition coefficient (Wildman–Crippen LogP) is 3.93. The number of ketones is 1. The van der Waals surface area contributed by atoms with Crippen molar-refractivity contribution in [2.24, 2.45) is 0 Å². The van der Waals surface area contributed by atoms with Crippen molar-refractivity contribution >= 4 is 33.3 Å². The highest BCUT2D eigenvalue weighted by Gasteiger charge is 2.32. The van der Waals surface area contributed by atoms with E-state index in [1.54, 1.807) is 12.1 Å². The van der Waals surface area contributed by atoms with Crippen LogP contribution in [0.25, 0.3) is 0 Å². The van der Waals surface area contributed by atoms with Crippen molar-refractivity contribution in [1.29, 1.82) is 0 Å². The summed E-state index contributed by atoms with van der Waals surface area (Å²) in [6.45, 7) is 0. The Kier molecular flexibility index (Phi) is 5.15. The summed E-state index contributed by atoms with van der Waals surface area (Å²) in [5.74, 6) is -0.974. The maximum Gasteiger partial charge on any atom is 0.433 e. The zero-order valence-electron chi connectivity index (χ0n) is 11.5. The van der Waals surface area contributed by atoms with Gasteiger partial charge in [-0.05, 0) is 24.3 Å². The summed E-state index contributed by atoms with van der Waals surface area (Å²) >= 11 is 3.04. The van der Waals surface area contributed by atoms with Gasteiger partial charge in [-0.15, -0.1) is 0 Å². The zero-order chi connectivity index (χ0) is 17.0. The minimum absolute atomic E-state index is 0.125. The van der Waals surface area contributed by atoms with Gasteiger partial charge in [-0.25, -0.2) is 4.98 Å². The highest BCUT2D eigenvalue weighted by molar-refractivity contribution is 9.09. The summed E-state index contributed by atoms with van der Waals surface area (Å²) in [4.78, 5) is 26.9. The number of Topliss-reactive ketones (excluding diaryl/α,β-unsaturated/α-hetero) is 1. The summed E-state index contributed by atoms with van der Waals surface area (Å²) in [5, 5.41) is 2.54. The van der Waals surface area contributed by atoms with Gasteiger partial charge in [0.1, 0.15) is 11.4 Å². The Bertz CT molecular complexity index is 747. The second-order valence-corrected chi connectivity index (χ2v) is 5.06. The predicted molar refractivity (Wildman–Crippen MR) is 81.8 cm³/mol. The number of hydrogen-bond acceptors (Lipinski definition) is 3. The minimum Gasteiger partial charge on any atom is -0.321 e. The number of benzene rings is 1. The molecule has 0 saturated heterocycles. The lowest BCUT2D eigenvalue weighted by atomic mass is 10.1. The highest BCUT2D eigenvalue weighted by Crippen LogP contribution is 2.27. The largest absolute Gasteiger partial charge is 0.433 e. The molecule has 0 fully saturated rings. The molecule has 1 aromatic carbocycles. The summed E-state index contributed by atoms with van der Waals surface area (Å²) < 4.78 is 37.8. The Balaban J connectivity index is 2.21. The van der Waals surface area contributed by atoms with Crippen LogP contribution < -0.4 is 5.32 Å². The highest BCUT2D eigenvalue weighted by atomic mass is 79.9. The van der Waals surface area contributed by atoms with Gasteiger partial charge in [-0.2, -0.15) is 13.2 Å². The number of rotatable bonds is 4. The number of carbonyl (C=O) groups excluding carboxylic acids is 2. The Morgan fingerprint density at radius 1 is 1.13 bits per heavy atom. The number of amides is 1. The van der Waals surface area contributed by atoms with Crippen molar-refractivity contribution in [2.45, 2.75) is 6.18 Å². The third-order valence-electron chi connectivity index (χ3n) is 2.84. The lowest BCUT2D eigenvalue weighted by Crippen LogP contribution is -2.17. The van der Waals surface area contributed by atoms with Crippen LogP contribution in [0.3, 0.4) is 0 Å². The number of anilines is 1. The lowest BCUT2D eigenvalue weighted by molar-refractivity contribution is -0.141. The standard InChI is InChI=1S/C15H10BrF3N2O2/c16-8-12(22)9-3-1-4-10(7-9)20-14(23)11-5-2-6-13(21-11)15(17,18)19/h1-7H,8H2,(H,20,23). The number of hydrogen-bond donors (Lipinski definition) is 1. The quantitative estimate of drug-likeness (QED) is 0.639. The second kappa shape index (κ2) is 6.91. The van der Waals surface area contributed by atoms with Gasteiger partial charge in [-0.1, -0.05) is 34.1 Å². The van der Waals surface area contributed by atoms with Crippen LogP contribution in [0.5, 0.6) is 0 Å². The summed E-state index contributed by atoms with van der Waals surface area (Å²) in [5.41, 5.74) is -0.844. The molecule has 1 aromatic heterocycles. The summed E-state index contributed by atoms with van der Waals surface area (Å²) in [6, 6.07) is 9.16. The normalized spacial score (nSPS) is 11.1. The van der Waals surface area contributed by atoms with Crippen molar-refractivity contribution in [3.8, 4) is 0 Å². The SMILES string of the molecule is O=C(CBr)c1cccc(NC(=O)c2cccc(C(F)(F)F)n2)c1. The van der Waals surface area contributed by atoms with Gasteiger partial charge in [0.05, 0.1) is 5.33 Å². The van der Waals surface area contributed by atoms with Gasteiger partial charge >= 0.3 is 6.18 Å². The van der Waals surface area contributed by atoms with E-state index in [0.717, 1.165) is 12.1 Å². The second-order valence-electron chi connectivity index (χ2n) is 4.50. The van der Waals surface area contributed by atoms with E-state index in [1.807, 2.05) is 0 Å². The first-order chi connectivity index (χ1) is 10.8. The van der Waals surface area contributed by atoms with Gasteiger partial charge in [0, 0.05) is 11.3 Å². The molecule has 4 nitrogen and oxygen atoms in total. The first-order valence-electron chi connectivity index (χ1n) is 6.36. The van der Waals surface area contributed by atoms with E-state index in [4.69, 9.17) is 0 Å². The third kappa shape index (κ3) is 4.38. The Morgan fingerprint density at radius 2 is 1.83 bits per heavy atom. The molecule has 0 unspecified atom stereocenters. The molecule has 1 amide bonds. The van der Waals surface area contributed by atoms with Crippen LogP contribution in [0, 0.1) is 0 Å². The molecule has 0 bridgehead atoms. The molecule has 0 aliphatic heterocycles. The number of aromatic nitrogens is 1. The Hall–Kier alpha value is -2.22. The average molecular weight is 387 g/mol. The summed E-state index contributed by atoms with van der Waals surface area (Å²) in [7, 11) is 0. The van der Waals surface area contributed by atoms with Gasteiger partial charge in [0.25, 0.3) is 5.91 Å². The number of pyridine rings is 1. The van der Waals surface area contributed by atoms with Crippen LogP contribution in [0.1, 0.15) is 26.5 Å². The fourth-order valence-electron chi connectivity index (χ4n) is 1.76. The van der Waals surface area contributed by atoms with Gasteiger partial charge < -0.3 is 5.32 Å². The molecule has 0 aliphatic rings. The van der Waals surface area contributed by atoms with E-state index >= 15 is 0 Å². The van der Waals surface area contributed by atoms with Crippen molar-refractivity contribution in [3.05, 3.63) is 59.4 Å². The number of nitrogens with one attached hydrogen (secondary N) is 1. The van der Waals surface area contributed by atoms with Crippen LogP contribution in [0.15, 0.2) is 42.5 Å². The molecule has 0 aliphatic carbocycles. The number of nitrogens with zero attached hydrogens (tertiary/aromatic N) is 1. The third-order valence-corrected chi connectivity index (χ3v) is 3.35. The molecule has 8 heteroatoms.